The van der Waals surface area contributed by atoms with Crippen molar-refractivity contribution in [3.8, 4) is 5.75 Å². The summed E-state index contributed by atoms with van der Waals surface area (Å²) >= 11 is 0. The lowest BCUT2D eigenvalue weighted by atomic mass is 10.1. The van der Waals surface area contributed by atoms with E-state index in [0.717, 1.165) is 11.6 Å². The Labute approximate surface area is 177 Å². The number of hydrogen-bond donors (Lipinski definition) is 1. The van der Waals surface area contributed by atoms with E-state index >= 15 is 0 Å². The molecule has 0 saturated heterocycles. The monoisotopic (exact) mass is 424 g/mol. The number of rotatable bonds is 4. The number of alkyl halides is 3. The smallest absolute Gasteiger partial charge is 0.416 e. The van der Waals surface area contributed by atoms with Gasteiger partial charge in [0.1, 0.15) is 12.4 Å². The SMILES string of the molecule is Cc1cc2c(cc1C(F)(F)F)NC(=O)CC(c1cccc(OCc3ccccc3)c1)=N2. The maximum atomic E-state index is 13.2. The van der Waals surface area contributed by atoms with Gasteiger partial charge in [0.15, 0.2) is 0 Å². The van der Waals surface area contributed by atoms with Crippen LogP contribution in [0.3, 0.4) is 0 Å². The van der Waals surface area contributed by atoms with Crippen molar-refractivity contribution in [1.29, 1.82) is 0 Å². The van der Waals surface area contributed by atoms with E-state index in [1.807, 2.05) is 30.3 Å². The first kappa shape index (κ1) is 20.7. The Morgan fingerprint density at radius 3 is 2.55 bits per heavy atom. The molecule has 1 heterocycles. The number of aryl methyl sites for hydroxylation is 1. The zero-order valence-electron chi connectivity index (χ0n) is 16.7. The lowest BCUT2D eigenvalue weighted by Gasteiger charge is -2.13. The number of hydrogen-bond acceptors (Lipinski definition) is 3. The van der Waals surface area contributed by atoms with E-state index in [0.29, 0.717) is 29.3 Å². The van der Waals surface area contributed by atoms with Crippen molar-refractivity contribution in [2.75, 3.05) is 5.32 Å². The van der Waals surface area contributed by atoms with Gasteiger partial charge in [0.2, 0.25) is 5.91 Å². The minimum atomic E-state index is -4.51. The zero-order chi connectivity index (χ0) is 22.0. The molecule has 0 spiro atoms. The van der Waals surface area contributed by atoms with E-state index in [-0.39, 0.29) is 17.7 Å². The fourth-order valence-electron chi connectivity index (χ4n) is 3.40. The number of fused-ring (bicyclic) bond motifs is 1. The number of ether oxygens (including phenoxy) is 1. The van der Waals surface area contributed by atoms with Crippen LogP contribution in [-0.2, 0) is 17.6 Å². The number of nitrogens with zero attached hydrogens (tertiary/aromatic N) is 1. The summed E-state index contributed by atoms with van der Waals surface area (Å²) < 4.78 is 45.6. The molecule has 0 bridgehead atoms. The second-order valence-corrected chi connectivity index (χ2v) is 7.27. The average molecular weight is 424 g/mol. The second kappa shape index (κ2) is 8.26. The van der Waals surface area contributed by atoms with Gasteiger partial charge in [-0.05, 0) is 42.3 Å². The third-order valence-corrected chi connectivity index (χ3v) is 4.92. The number of carbonyl (C=O) groups excluding carboxylic acids is 1. The Bertz CT molecular complexity index is 1160. The molecule has 0 saturated carbocycles. The van der Waals surface area contributed by atoms with Gasteiger partial charge in [-0.1, -0.05) is 42.5 Å². The highest BCUT2D eigenvalue weighted by molar-refractivity contribution is 6.17. The standard InChI is InChI=1S/C24H19F3N2O2/c1-15-10-21-22(12-19(15)24(25,26)27)29-23(30)13-20(28-21)17-8-5-9-18(11-17)31-14-16-6-3-2-4-7-16/h2-12H,13-14H2,1H3,(H,29,30). The Morgan fingerprint density at radius 2 is 1.81 bits per heavy atom. The van der Waals surface area contributed by atoms with Crippen LogP contribution in [0.15, 0.2) is 71.7 Å². The van der Waals surface area contributed by atoms with E-state index in [4.69, 9.17) is 4.74 Å². The number of anilines is 1. The molecular formula is C24H19F3N2O2. The van der Waals surface area contributed by atoms with Gasteiger partial charge in [0, 0.05) is 5.56 Å². The van der Waals surface area contributed by atoms with E-state index < -0.39 is 17.6 Å². The Morgan fingerprint density at radius 1 is 1.03 bits per heavy atom. The van der Waals surface area contributed by atoms with Gasteiger partial charge >= 0.3 is 6.18 Å². The normalized spacial score (nSPS) is 13.7. The first-order chi connectivity index (χ1) is 14.8. The molecule has 0 fully saturated rings. The van der Waals surface area contributed by atoms with Crippen molar-refractivity contribution >= 4 is 23.0 Å². The van der Waals surface area contributed by atoms with Gasteiger partial charge in [-0.2, -0.15) is 13.2 Å². The highest BCUT2D eigenvalue weighted by atomic mass is 19.4. The van der Waals surface area contributed by atoms with E-state index in [9.17, 15) is 18.0 Å². The number of halogens is 3. The summed E-state index contributed by atoms with van der Waals surface area (Å²) in [5.41, 5.74) is 1.75. The van der Waals surface area contributed by atoms with E-state index in [1.54, 1.807) is 24.3 Å². The van der Waals surface area contributed by atoms with Crippen molar-refractivity contribution < 1.29 is 22.7 Å². The number of nitrogens with one attached hydrogen (secondary N) is 1. The first-order valence-electron chi connectivity index (χ1n) is 9.66. The maximum Gasteiger partial charge on any atom is 0.416 e. The summed E-state index contributed by atoms with van der Waals surface area (Å²) in [5.74, 6) is 0.183. The van der Waals surface area contributed by atoms with Crippen LogP contribution in [0.1, 0.15) is 28.7 Å². The Hall–Kier alpha value is -3.61. The summed E-state index contributed by atoms with van der Waals surface area (Å²) in [6.45, 7) is 1.77. The van der Waals surface area contributed by atoms with Crippen molar-refractivity contribution in [2.45, 2.75) is 26.1 Å². The summed E-state index contributed by atoms with van der Waals surface area (Å²) in [5, 5.41) is 2.54. The number of amides is 1. The number of aliphatic imine (C=N–C) groups is 1. The van der Waals surface area contributed by atoms with Crippen LogP contribution in [0, 0.1) is 6.92 Å². The van der Waals surface area contributed by atoms with Gasteiger partial charge in [0.25, 0.3) is 0 Å². The first-order valence-corrected chi connectivity index (χ1v) is 9.66. The maximum absolute atomic E-state index is 13.2. The van der Waals surface area contributed by atoms with Gasteiger partial charge in [-0.15, -0.1) is 0 Å². The molecule has 0 radical (unpaired) electrons. The van der Waals surface area contributed by atoms with Gasteiger partial charge in [-0.3, -0.25) is 9.79 Å². The highest BCUT2D eigenvalue weighted by Gasteiger charge is 2.34. The van der Waals surface area contributed by atoms with Crippen molar-refractivity contribution in [1.82, 2.24) is 0 Å². The van der Waals surface area contributed by atoms with Crippen LogP contribution < -0.4 is 10.1 Å². The van der Waals surface area contributed by atoms with Crippen molar-refractivity contribution in [3.63, 3.8) is 0 Å². The molecule has 4 nitrogen and oxygen atoms in total. The molecule has 158 valence electrons. The molecule has 31 heavy (non-hydrogen) atoms. The molecule has 0 unspecified atom stereocenters. The quantitative estimate of drug-likeness (QED) is 0.554. The Balaban J connectivity index is 1.65. The van der Waals surface area contributed by atoms with Crippen molar-refractivity contribution in [2.24, 2.45) is 4.99 Å². The summed E-state index contributed by atoms with van der Waals surface area (Å²) in [4.78, 5) is 16.9. The predicted octanol–water partition coefficient (Wildman–Crippen LogP) is 6.06. The molecule has 0 atom stereocenters. The summed E-state index contributed by atoms with van der Waals surface area (Å²) in [6.07, 6.45) is -4.57. The van der Waals surface area contributed by atoms with Gasteiger partial charge < -0.3 is 10.1 Å². The van der Waals surface area contributed by atoms with Crippen LogP contribution in [-0.4, -0.2) is 11.6 Å². The van der Waals surface area contributed by atoms with E-state index in [2.05, 4.69) is 10.3 Å². The molecule has 0 aromatic heterocycles. The average Bonchev–Trinajstić information content (AvgIpc) is 2.89. The molecule has 7 heteroatoms. The zero-order valence-corrected chi connectivity index (χ0v) is 16.7. The summed E-state index contributed by atoms with van der Waals surface area (Å²) in [6, 6.07) is 19.1. The lowest BCUT2D eigenvalue weighted by molar-refractivity contribution is -0.138. The largest absolute Gasteiger partial charge is 0.489 e. The fourth-order valence-corrected chi connectivity index (χ4v) is 3.40. The van der Waals surface area contributed by atoms with Gasteiger partial charge in [-0.25, -0.2) is 0 Å². The second-order valence-electron chi connectivity index (χ2n) is 7.27. The lowest BCUT2D eigenvalue weighted by Crippen LogP contribution is -2.15. The molecule has 0 aliphatic carbocycles. The minimum absolute atomic E-state index is 0.0467. The predicted molar refractivity (Wildman–Crippen MR) is 113 cm³/mol. The van der Waals surface area contributed by atoms with Crippen LogP contribution in [0.25, 0.3) is 0 Å². The van der Waals surface area contributed by atoms with E-state index in [1.165, 1.54) is 13.0 Å². The topological polar surface area (TPSA) is 50.7 Å². The molecule has 3 aromatic rings. The highest BCUT2D eigenvalue weighted by Crippen LogP contribution is 2.39. The molecule has 1 N–H and O–H groups in total. The Kier molecular flexibility index (Phi) is 5.50. The molecule has 3 aromatic carbocycles. The molecule has 1 amide bonds. The molecule has 1 aliphatic rings. The third kappa shape index (κ3) is 4.77. The molecule has 1 aliphatic heterocycles. The molecule has 4 rings (SSSR count). The summed E-state index contributed by atoms with van der Waals surface area (Å²) in [7, 11) is 0. The molecular weight excluding hydrogens is 405 g/mol. The fraction of sp³-hybridized carbons (Fsp3) is 0.167. The van der Waals surface area contributed by atoms with Gasteiger partial charge in [0.05, 0.1) is 29.1 Å². The number of carbonyl (C=O) groups is 1. The third-order valence-electron chi connectivity index (χ3n) is 4.92. The minimum Gasteiger partial charge on any atom is -0.489 e. The van der Waals surface area contributed by atoms with Crippen LogP contribution in [0.4, 0.5) is 24.5 Å². The van der Waals surface area contributed by atoms with Crippen molar-refractivity contribution in [3.05, 3.63) is 89.0 Å². The van der Waals surface area contributed by atoms with Crippen LogP contribution >= 0.6 is 0 Å². The van der Waals surface area contributed by atoms with Crippen LogP contribution in [0.2, 0.25) is 0 Å². The number of benzene rings is 3. The van der Waals surface area contributed by atoms with Crippen LogP contribution in [0.5, 0.6) is 5.75 Å².